The number of aromatic nitrogens is 6. The molecule has 4 rings (SSSR count). The van der Waals surface area contributed by atoms with Gasteiger partial charge in [0.25, 0.3) is 0 Å². The summed E-state index contributed by atoms with van der Waals surface area (Å²) in [7, 11) is 1.66. The first-order valence-corrected chi connectivity index (χ1v) is 10.6. The summed E-state index contributed by atoms with van der Waals surface area (Å²) in [6, 6.07) is 11.8. The van der Waals surface area contributed by atoms with Crippen molar-refractivity contribution in [2.45, 2.75) is 24.5 Å². The molecule has 0 N–H and O–H groups in total. The Kier molecular flexibility index (Phi) is 5.98. The highest BCUT2D eigenvalue weighted by Gasteiger charge is 2.11. The minimum atomic E-state index is 0.618. The smallest absolute Gasteiger partial charge is 0.227 e. The molecule has 0 aliphatic heterocycles. The van der Waals surface area contributed by atoms with E-state index in [1.54, 1.807) is 34.9 Å². The van der Waals surface area contributed by atoms with Crippen LogP contribution in [0, 0.1) is 0 Å². The number of ether oxygens (including phenoxy) is 1. The second-order valence-electron chi connectivity index (χ2n) is 5.91. The molecule has 0 spiro atoms. The first-order chi connectivity index (χ1) is 13.8. The van der Waals surface area contributed by atoms with E-state index in [2.05, 4.69) is 25.7 Å². The predicted octanol–water partition coefficient (Wildman–Crippen LogP) is 3.57. The van der Waals surface area contributed by atoms with Crippen LogP contribution in [0.3, 0.4) is 0 Å². The van der Waals surface area contributed by atoms with E-state index in [9.17, 15) is 0 Å². The van der Waals surface area contributed by atoms with Crippen LogP contribution < -0.4 is 4.74 Å². The fraction of sp³-hybridized carbons (Fsp3) is 0.278. The van der Waals surface area contributed by atoms with Gasteiger partial charge in [-0.3, -0.25) is 0 Å². The van der Waals surface area contributed by atoms with Gasteiger partial charge in [0.2, 0.25) is 16.9 Å². The predicted molar refractivity (Wildman–Crippen MR) is 107 cm³/mol. The summed E-state index contributed by atoms with van der Waals surface area (Å²) in [6.07, 6.45) is 1.62. The molecule has 0 aliphatic rings. The van der Waals surface area contributed by atoms with Gasteiger partial charge in [-0.15, -0.1) is 16.4 Å². The summed E-state index contributed by atoms with van der Waals surface area (Å²) >= 11 is 3.22. The van der Waals surface area contributed by atoms with E-state index >= 15 is 0 Å². The lowest BCUT2D eigenvalue weighted by molar-refractivity contribution is 0.378. The maximum absolute atomic E-state index is 5.33. The Labute approximate surface area is 169 Å². The number of hydrogen-bond acceptors (Lipinski definition) is 9. The van der Waals surface area contributed by atoms with Crippen LogP contribution in [0.4, 0.5) is 0 Å². The van der Waals surface area contributed by atoms with Crippen LogP contribution >= 0.6 is 23.1 Å². The molecule has 1 aromatic carbocycles. The van der Waals surface area contributed by atoms with Crippen LogP contribution in [-0.4, -0.2) is 43.2 Å². The van der Waals surface area contributed by atoms with Crippen molar-refractivity contribution in [2.24, 2.45) is 0 Å². The number of aryl methyl sites for hydroxylation is 1. The number of thioether (sulfide) groups is 1. The lowest BCUT2D eigenvalue weighted by atomic mass is 10.2. The normalized spacial score (nSPS) is 11.0. The maximum Gasteiger partial charge on any atom is 0.227 e. The van der Waals surface area contributed by atoms with Crippen molar-refractivity contribution < 1.29 is 9.26 Å². The summed E-state index contributed by atoms with van der Waals surface area (Å²) in [6.45, 7) is 0.618. The summed E-state index contributed by atoms with van der Waals surface area (Å²) < 4.78 is 12.3. The van der Waals surface area contributed by atoms with Crippen molar-refractivity contribution in [2.75, 3.05) is 12.9 Å². The van der Waals surface area contributed by atoms with Crippen LogP contribution in [0.2, 0.25) is 0 Å². The zero-order valence-electron chi connectivity index (χ0n) is 15.2. The fourth-order valence-corrected chi connectivity index (χ4v) is 4.02. The number of tetrazole rings is 1. The quantitative estimate of drug-likeness (QED) is 0.303. The molecule has 10 heteroatoms. The molecule has 0 atom stereocenters. The number of methoxy groups -OCH3 is 1. The van der Waals surface area contributed by atoms with E-state index in [0.29, 0.717) is 18.3 Å². The molecule has 0 aliphatic carbocycles. The standard InChI is InChI=1S/C18H18N6O2S2/c1-25-14-8-6-13(7-9-14)12-24-18(20-22-23-24)28-11-3-5-16-19-17(21-26-16)15-4-2-10-27-15/h2,4,6-10H,3,5,11-12H2,1H3. The van der Waals surface area contributed by atoms with Gasteiger partial charge in [-0.05, 0) is 46.0 Å². The second kappa shape index (κ2) is 8.98. The zero-order chi connectivity index (χ0) is 19.2. The highest BCUT2D eigenvalue weighted by Crippen LogP contribution is 2.22. The average molecular weight is 415 g/mol. The van der Waals surface area contributed by atoms with E-state index in [0.717, 1.165) is 39.9 Å². The summed E-state index contributed by atoms with van der Waals surface area (Å²) in [5.41, 5.74) is 1.11. The third kappa shape index (κ3) is 4.57. The molecule has 0 radical (unpaired) electrons. The van der Waals surface area contributed by atoms with Crippen molar-refractivity contribution in [1.29, 1.82) is 0 Å². The molecule has 0 saturated heterocycles. The molecule has 144 valence electrons. The largest absolute Gasteiger partial charge is 0.497 e. The Morgan fingerprint density at radius 3 is 2.89 bits per heavy atom. The van der Waals surface area contributed by atoms with Crippen LogP contribution in [0.1, 0.15) is 17.9 Å². The number of rotatable bonds is 9. The minimum absolute atomic E-state index is 0.618. The summed E-state index contributed by atoms with van der Waals surface area (Å²) in [4.78, 5) is 5.46. The molecular weight excluding hydrogens is 396 g/mol. The van der Waals surface area contributed by atoms with Crippen LogP contribution in [-0.2, 0) is 13.0 Å². The van der Waals surface area contributed by atoms with Gasteiger partial charge in [-0.1, -0.05) is 35.1 Å². The molecule has 3 aromatic heterocycles. The first-order valence-electron chi connectivity index (χ1n) is 8.70. The van der Waals surface area contributed by atoms with Crippen LogP contribution in [0.15, 0.2) is 51.5 Å². The van der Waals surface area contributed by atoms with Gasteiger partial charge in [0.1, 0.15) is 5.75 Å². The molecular formula is C18H18N6O2S2. The zero-order valence-corrected chi connectivity index (χ0v) is 16.8. The summed E-state index contributed by atoms with van der Waals surface area (Å²) in [5.74, 6) is 3.00. The van der Waals surface area contributed by atoms with Gasteiger partial charge in [0, 0.05) is 12.2 Å². The molecule has 0 fully saturated rings. The van der Waals surface area contributed by atoms with Gasteiger partial charge in [0.05, 0.1) is 18.5 Å². The topological polar surface area (TPSA) is 91.8 Å². The highest BCUT2D eigenvalue weighted by molar-refractivity contribution is 7.99. The molecule has 0 bridgehead atoms. The third-order valence-electron chi connectivity index (χ3n) is 3.97. The third-order valence-corrected chi connectivity index (χ3v) is 5.88. The molecule has 3 heterocycles. The van der Waals surface area contributed by atoms with Gasteiger partial charge in [-0.2, -0.15) is 4.98 Å². The van der Waals surface area contributed by atoms with Gasteiger partial charge >= 0.3 is 0 Å². The van der Waals surface area contributed by atoms with Crippen molar-refractivity contribution in [3.05, 3.63) is 53.2 Å². The van der Waals surface area contributed by atoms with Crippen LogP contribution in [0.5, 0.6) is 5.75 Å². The van der Waals surface area contributed by atoms with E-state index < -0.39 is 0 Å². The molecule has 4 aromatic rings. The van der Waals surface area contributed by atoms with E-state index in [1.165, 1.54) is 0 Å². The van der Waals surface area contributed by atoms with E-state index in [-0.39, 0.29) is 0 Å². The van der Waals surface area contributed by atoms with Crippen molar-refractivity contribution in [1.82, 2.24) is 30.3 Å². The molecule has 0 amide bonds. The minimum Gasteiger partial charge on any atom is -0.497 e. The van der Waals surface area contributed by atoms with Gasteiger partial charge in [0.15, 0.2) is 0 Å². The number of benzene rings is 1. The number of hydrogen-bond donors (Lipinski definition) is 0. The Morgan fingerprint density at radius 2 is 2.11 bits per heavy atom. The lowest BCUT2D eigenvalue weighted by Gasteiger charge is -2.05. The number of thiophene rings is 1. The SMILES string of the molecule is COc1ccc(Cn2nnnc2SCCCc2nc(-c3cccs3)no2)cc1. The molecule has 0 unspecified atom stereocenters. The average Bonchev–Trinajstić information content (AvgIpc) is 3.48. The van der Waals surface area contributed by atoms with Crippen LogP contribution in [0.25, 0.3) is 10.7 Å². The van der Waals surface area contributed by atoms with E-state index in [4.69, 9.17) is 9.26 Å². The number of nitrogens with zero attached hydrogens (tertiary/aromatic N) is 6. The maximum atomic E-state index is 5.33. The monoisotopic (exact) mass is 414 g/mol. The van der Waals surface area contributed by atoms with E-state index in [1.807, 2.05) is 41.8 Å². The first kappa shape index (κ1) is 18.6. The lowest BCUT2D eigenvalue weighted by Crippen LogP contribution is -2.04. The van der Waals surface area contributed by atoms with Gasteiger partial charge < -0.3 is 9.26 Å². The highest BCUT2D eigenvalue weighted by atomic mass is 32.2. The van der Waals surface area contributed by atoms with Crippen molar-refractivity contribution in [3.63, 3.8) is 0 Å². The molecule has 0 saturated carbocycles. The van der Waals surface area contributed by atoms with Crippen molar-refractivity contribution >= 4 is 23.1 Å². The Bertz CT molecular complexity index is 997. The Hall–Kier alpha value is -2.72. The molecule has 8 nitrogen and oxygen atoms in total. The summed E-state index contributed by atoms with van der Waals surface area (Å²) in [5, 5.41) is 18.8. The van der Waals surface area contributed by atoms with Crippen molar-refractivity contribution in [3.8, 4) is 16.5 Å². The van der Waals surface area contributed by atoms with Gasteiger partial charge in [-0.25, -0.2) is 4.68 Å². The Morgan fingerprint density at radius 1 is 1.21 bits per heavy atom. The Balaban J connectivity index is 1.27. The fourth-order valence-electron chi connectivity index (χ4n) is 2.55. The second-order valence-corrected chi connectivity index (χ2v) is 7.92. The molecule has 28 heavy (non-hydrogen) atoms.